The van der Waals surface area contributed by atoms with Gasteiger partial charge >= 0.3 is 0 Å². The van der Waals surface area contributed by atoms with Gasteiger partial charge in [-0.15, -0.1) is 0 Å². The number of benzene rings is 3. The van der Waals surface area contributed by atoms with Crippen molar-refractivity contribution in [3.8, 4) is 0 Å². The summed E-state index contributed by atoms with van der Waals surface area (Å²) >= 11 is 8.69. The Balaban J connectivity index is 0.000000237. The van der Waals surface area contributed by atoms with Gasteiger partial charge in [-0.2, -0.15) is 4.57 Å². The molecule has 0 unspecified atom stereocenters. The average Bonchev–Trinajstić information content (AvgIpc) is 3.24. The molecule has 202 valence electrons. The number of aryl methyl sites for hydroxylation is 1. The molecule has 39 heavy (non-hydrogen) atoms. The lowest BCUT2D eigenvalue weighted by Crippen LogP contribution is -2.42. The molecule has 1 aliphatic carbocycles. The number of pyridine rings is 1. The van der Waals surface area contributed by atoms with Crippen LogP contribution in [0.15, 0.2) is 93.7 Å². The van der Waals surface area contributed by atoms with Gasteiger partial charge in [0, 0.05) is 36.9 Å². The van der Waals surface area contributed by atoms with Crippen LogP contribution >= 0.6 is 23.4 Å². The van der Waals surface area contributed by atoms with Gasteiger partial charge in [-0.25, -0.2) is 8.42 Å². The second kappa shape index (κ2) is 11.7. The van der Waals surface area contributed by atoms with Gasteiger partial charge in [0.2, 0.25) is 5.52 Å². The zero-order chi connectivity index (χ0) is 27.6. The third-order valence-corrected chi connectivity index (χ3v) is 9.59. The molecule has 1 fully saturated rings. The maximum Gasteiger partial charge on any atom is 0.276 e. The highest BCUT2D eigenvalue weighted by Gasteiger charge is 2.29. The molecule has 2 aliphatic rings. The summed E-state index contributed by atoms with van der Waals surface area (Å²) in [6.07, 6.45) is 8.68. The van der Waals surface area contributed by atoms with Crippen molar-refractivity contribution in [3.05, 3.63) is 100 Å². The average molecular weight is 579 g/mol. The van der Waals surface area contributed by atoms with Crippen LogP contribution < -0.4 is 9.47 Å². The Labute approximate surface area is 239 Å². The molecule has 0 saturated heterocycles. The molecule has 1 aromatic heterocycles. The van der Waals surface area contributed by atoms with E-state index in [1.54, 1.807) is 12.1 Å². The lowest BCUT2D eigenvalue weighted by molar-refractivity contribution is -0.699. The number of para-hydroxylation sites is 2. The highest BCUT2D eigenvalue weighted by molar-refractivity contribution is 8.03. The molecule has 0 amide bonds. The molecule has 0 spiro atoms. The fourth-order valence-electron chi connectivity index (χ4n) is 5.23. The molecule has 5 nitrogen and oxygen atoms in total. The molecule has 0 bridgehead atoms. The van der Waals surface area contributed by atoms with Gasteiger partial charge in [0.1, 0.15) is 10.1 Å². The monoisotopic (exact) mass is 578 g/mol. The van der Waals surface area contributed by atoms with Crippen molar-refractivity contribution in [1.82, 2.24) is 0 Å². The van der Waals surface area contributed by atoms with Gasteiger partial charge in [0.15, 0.2) is 6.04 Å². The summed E-state index contributed by atoms with van der Waals surface area (Å²) in [5.74, 6) is 0. The summed E-state index contributed by atoms with van der Waals surface area (Å²) in [6, 6.07) is 25.7. The summed E-state index contributed by atoms with van der Waals surface area (Å²) in [5.41, 5.74) is 4.63. The van der Waals surface area contributed by atoms with Crippen LogP contribution in [0.4, 0.5) is 5.69 Å². The van der Waals surface area contributed by atoms with E-state index >= 15 is 0 Å². The van der Waals surface area contributed by atoms with Crippen molar-refractivity contribution in [2.24, 2.45) is 0 Å². The summed E-state index contributed by atoms with van der Waals surface area (Å²) in [6.45, 7) is 1.82. The van der Waals surface area contributed by atoms with Crippen LogP contribution in [0.1, 0.15) is 49.3 Å². The molecular formula is C31H31ClN2O3S2. The van der Waals surface area contributed by atoms with Crippen molar-refractivity contribution >= 4 is 56.1 Å². The normalized spacial score (nSPS) is 16.7. The number of hydrogen-bond acceptors (Lipinski definition) is 5. The van der Waals surface area contributed by atoms with Crippen LogP contribution in [0.25, 0.3) is 17.0 Å². The van der Waals surface area contributed by atoms with Gasteiger partial charge in [-0.05, 0) is 73.3 Å². The molecule has 4 aromatic rings. The first-order valence-electron chi connectivity index (χ1n) is 13.1. The maximum absolute atomic E-state index is 10.4. The summed E-state index contributed by atoms with van der Waals surface area (Å²) in [5, 5.41) is 3.35. The Kier molecular flexibility index (Phi) is 8.33. The van der Waals surface area contributed by atoms with Crippen LogP contribution in [0.5, 0.6) is 0 Å². The van der Waals surface area contributed by atoms with E-state index in [4.69, 9.17) is 11.6 Å². The Bertz CT molecular complexity index is 1630. The quantitative estimate of drug-likeness (QED) is 0.141. The van der Waals surface area contributed by atoms with Crippen LogP contribution in [0.3, 0.4) is 0 Å². The van der Waals surface area contributed by atoms with Gasteiger partial charge in [0.05, 0.1) is 21.0 Å². The fourth-order valence-corrected chi connectivity index (χ4v) is 7.15. The molecule has 8 heteroatoms. The minimum absolute atomic E-state index is 0.178. The Hall–Kier alpha value is -2.84. The van der Waals surface area contributed by atoms with Crippen molar-refractivity contribution in [1.29, 1.82) is 0 Å². The lowest BCUT2D eigenvalue weighted by atomic mass is 9.94. The van der Waals surface area contributed by atoms with Crippen molar-refractivity contribution in [2.75, 3.05) is 11.9 Å². The summed E-state index contributed by atoms with van der Waals surface area (Å²) in [4.78, 5) is 3.40. The van der Waals surface area contributed by atoms with Crippen LogP contribution in [0, 0.1) is 6.92 Å². The number of anilines is 1. The summed E-state index contributed by atoms with van der Waals surface area (Å²) in [7, 11) is -2.13. The number of fused-ring (bicyclic) bond motifs is 2. The minimum atomic E-state index is -4.27. The first-order chi connectivity index (χ1) is 18.7. The van der Waals surface area contributed by atoms with E-state index < -0.39 is 10.1 Å². The van der Waals surface area contributed by atoms with Gasteiger partial charge in [-0.1, -0.05) is 60.1 Å². The number of hydrogen-bond donors (Lipinski definition) is 0. The highest BCUT2D eigenvalue weighted by Crippen LogP contribution is 2.45. The highest BCUT2D eigenvalue weighted by atomic mass is 35.5. The van der Waals surface area contributed by atoms with E-state index in [0.29, 0.717) is 6.04 Å². The fraction of sp³-hybridized carbons (Fsp3) is 0.258. The van der Waals surface area contributed by atoms with Crippen LogP contribution in [0.2, 0.25) is 5.15 Å². The zero-order valence-electron chi connectivity index (χ0n) is 22.0. The van der Waals surface area contributed by atoms with E-state index in [0.717, 1.165) is 10.7 Å². The van der Waals surface area contributed by atoms with Gasteiger partial charge in [-0.3, -0.25) is 0 Å². The van der Waals surface area contributed by atoms with E-state index in [-0.39, 0.29) is 4.90 Å². The van der Waals surface area contributed by atoms with Crippen LogP contribution in [-0.4, -0.2) is 20.0 Å². The van der Waals surface area contributed by atoms with Crippen molar-refractivity contribution in [3.63, 3.8) is 0 Å². The Morgan fingerprint density at radius 2 is 1.64 bits per heavy atom. The number of halogens is 1. The lowest BCUT2D eigenvalue weighted by Gasteiger charge is -2.20. The minimum Gasteiger partial charge on any atom is -0.744 e. The molecule has 2 heterocycles. The number of thioether (sulfide) groups is 1. The molecule has 0 radical (unpaired) electrons. The van der Waals surface area contributed by atoms with E-state index in [2.05, 4.69) is 77.2 Å². The largest absolute Gasteiger partial charge is 0.744 e. The second-order valence-corrected chi connectivity index (χ2v) is 12.8. The first-order valence-corrected chi connectivity index (χ1v) is 15.7. The molecule has 1 aliphatic heterocycles. The molecular weight excluding hydrogens is 548 g/mol. The number of rotatable bonds is 3. The standard InChI is InChI=1S/C24H24ClN2S.C7H8O3S/c1-26-21-13-7-8-14-22(21)28-24(26)16-17-15-23(25)27(18-9-3-2-4-10-18)20-12-6-5-11-19(17)20;1-6-2-4-7(5-3-6)11(8,9)10/h5-8,11-16,18H,2-4,9-10H2,1H3;2-5H,1H3,(H,8,9,10)/q+1;/p-1. The third-order valence-electron chi connectivity index (χ3n) is 7.28. The van der Waals surface area contributed by atoms with Crippen molar-refractivity contribution < 1.29 is 17.5 Å². The van der Waals surface area contributed by atoms with Gasteiger partial charge in [0.25, 0.3) is 5.15 Å². The molecule has 1 saturated carbocycles. The van der Waals surface area contributed by atoms with Crippen LogP contribution in [-0.2, 0) is 10.1 Å². The number of nitrogens with zero attached hydrogens (tertiary/aromatic N) is 2. The second-order valence-electron chi connectivity index (χ2n) is 9.98. The topological polar surface area (TPSA) is 64.3 Å². The van der Waals surface area contributed by atoms with Gasteiger partial charge < -0.3 is 9.45 Å². The molecule has 3 aromatic carbocycles. The summed E-state index contributed by atoms with van der Waals surface area (Å²) < 4.78 is 33.5. The zero-order valence-corrected chi connectivity index (χ0v) is 24.4. The maximum atomic E-state index is 10.4. The predicted octanol–water partition coefficient (Wildman–Crippen LogP) is 7.73. The van der Waals surface area contributed by atoms with E-state index in [1.165, 1.54) is 76.3 Å². The molecule has 0 atom stereocenters. The molecule has 6 rings (SSSR count). The van der Waals surface area contributed by atoms with E-state index in [9.17, 15) is 13.0 Å². The number of aromatic nitrogens is 1. The molecule has 0 N–H and O–H groups in total. The Morgan fingerprint density at radius 3 is 2.33 bits per heavy atom. The van der Waals surface area contributed by atoms with E-state index in [1.807, 2.05) is 18.7 Å². The first kappa shape index (κ1) is 27.7. The third kappa shape index (κ3) is 6.17. The van der Waals surface area contributed by atoms with Crippen molar-refractivity contribution in [2.45, 2.75) is 54.9 Å². The Morgan fingerprint density at radius 1 is 0.974 bits per heavy atom. The predicted molar refractivity (Wildman–Crippen MR) is 159 cm³/mol. The smallest absolute Gasteiger partial charge is 0.276 e. The SMILES string of the molecule is CN1/C(=C/c2cc(Cl)[n+](C3CCCCC3)c3ccccc23)Sc2ccccc21.Cc1ccc(S(=O)(=O)[O-])cc1.